The number of rotatable bonds is 6. The number of hydrogen-bond donors (Lipinski definition) is 1. The summed E-state index contributed by atoms with van der Waals surface area (Å²) >= 11 is 0. The second kappa shape index (κ2) is 8.50. The van der Waals surface area contributed by atoms with Crippen LogP contribution < -0.4 is 5.32 Å². The van der Waals surface area contributed by atoms with E-state index in [0.717, 1.165) is 36.9 Å². The van der Waals surface area contributed by atoms with Crippen LogP contribution in [0.5, 0.6) is 0 Å². The Balaban J connectivity index is 1.93. The van der Waals surface area contributed by atoms with Gasteiger partial charge in [-0.3, -0.25) is 4.90 Å². The number of ether oxygens (including phenoxy) is 1. The van der Waals surface area contributed by atoms with E-state index in [1.165, 1.54) is 45.2 Å². The van der Waals surface area contributed by atoms with Crippen LogP contribution in [0.1, 0.15) is 52.9 Å². The van der Waals surface area contributed by atoms with Crippen LogP contribution in [0.2, 0.25) is 0 Å². The number of likely N-dealkylation sites (tertiary alicyclic amines) is 1. The van der Waals surface area contributed by atoms with Gasteiger partial charge in [-0.1, -0.05) is 20.8 Å². The van der Waals surface area contributed by atoms with Gasteiger partial charge in [-0.15, -0.1) is 0 Å². The molecule has 0 aromatic heterocycles. The minimum atomic E-state index is 0.712. The third kappa shape index (κ3) is 4.67. The summed E-state index contributed by atoms with van der Waals surface area (Å²) in [4.78, 5) is 2.79. The van der Waals surface area contributed by atoms with Gasteiger partial charge in [0.25, 0.3) is 0 Å². The SMILES string of the molecule is CCNC1CCC(C(C)C)CC1N1CCC(COC)CC1. The molecule has 2 rings (SSSR count). The first-order valence-electron chi connectivity index (χ1n) is 9.12. The Labute approximate surface area is 131 Å². The van der Waals surface area contributed by atoms with Gasteiger partial charge < -0.3 is 10.1 Å². The zero-order chi connectivity index (χ0) is 15.2. The second-order valence-corrected chi connectivity index (χ2v) is 7.48. The van der Waals surface area contributed by atoms with Gasteiger partial charge in [-0.05, 0) is 69.5 Å². The predicted molar refractivity (Wildman–Crippen MR) is 89.6 cm³/mol. The van der Waals surface area contributed by atoms with Gasteiger partial charge in [0.15, 0.2) is 0 Å². The highest BCUT2D eigenvalue weighted by Gasteiger charge is 2.36. The van der Waals surface area contributed by atoms with E-state index >= 15 is 0 Å². The molecule has 1 N–H and O–H groups in total. The average molecular weight is 296 g/mol. The van der Waals surface area contributed by atoms with Crippen molar-refractivity contribution in [1.29, 1.82) is 0 Å². The summed E-state index contributed by atoms with van der Waals surface area (Å²) in [6, 6.07) is 1.47. The largest absolute Gasteiger partial charge is 0.384 e. The summed E-state index contributed by atoms with van der Waals surface area (Å²) in [7, 11) is 1.84. The van der Waals surface area contributed by atoms with Gasteiger partial charge in [0.1, 0.15) is 0 Å². The quantitative estimate of drug-likeness (QED) is 0.815. The van der Waals surface area contributed by atoms with Crippen molar-refractivity contribution in [2.45, 2.75) is 65.0 Å². The van der Waals surface area contributed by atoms with Gasteiger partial charge in [-0.2, -0.15) is 0 Å². The lowest BCUT2D eigenvalue weighted by Crippen LogP contribution is -2.55. The van der Waals surface area contributed by atoms with Crippen LogP contribution >= 0.6 is 0 Å². The summed E-state index contributed by atoms with van der Waals surface area (Å²) < 4.78 is 5.34. The summed E-state index contributed by atoms with van der Waals surface area (Å²) in [6.07, 6.45) is 6.79. The van der Waals surface area contributed by atoms with Crippen molar-refractivity contribution < 1.29 is 4.74 Å². The fourth-order valence-corrected chi connectivity index (χ4v) is 4.37. The van der Waals surface area contributed by atoms with E-state index < -0.39 is 0 Å². The maximum Gasteiger partial charge on any atom is 0.0491 e. The Hall–Kier alpha value is -0.120. The summed E-state index contributed by atoms with van der Waals surface area (Å²) in [5.41, 5.74) is 0. The van der Waals surface area contributed by atoms with Crippen LogP contribution in [0.15, 0.2) is 0 Å². The zero-order valence-corrected chi connectivity index (χ0v) is 14.6. The van der Waals surface area contributed by atoms with Crippen molar-refractivity contribution in [1.82, 2.24) is 10.2 Å². The second-order valence-electron chi connectivity index (χ2n) is 7.48. The van der Waals surface area contributed by atoms with E-state index in [1.54, 1.807) is 0 Å². The molecule has 0 amide bonds. The minimum absolute atomic E-state index is 0.712. The maximum atomic E-state index is 5.34. The molecule has 21 heavy (non-hydrogen) atoms. The Morgan fingerprint density at radius 1 is 1.14 bits per heavy atom. The number of hydrogen-bond acceptors (Lipinski definition) is 3. The lowest BCUT2D eigenvalue weighted by Gasteiger charge is -2.46. The third-order valence-corrected chi connectivity index (χ3v) is 5.79. The zero-order valence-electron chi connectivity index (χ0n) is 14.6. The van der Waals surface area contributed by atoms with Crippen LogP contribution in [0, 0.1) is 17.8 Å². The molecular weight excluding hydrogens is 260 g/mol. The van der Waals surface area contributed by atoms with Gasteiger partial charge in [0.05, 0.1) is 0 Å². The molecule has 2 fully saturated rings. The number of methoxy groups -OCH3 is 1. The first-order valence-corrected chi connectivity index (χ1v) is 9.12. The molecule has 0 bridgehead atoms. The molecule has 3 unspecified atom stereocenters. The van der Waals surface area contributed by atoms with Gasteiger partial charge in [-0.25, -0.2) is 0 Å². The number of likely N-dealkylation sites (N-methyl/N-ethyl adjacent to an activating group) is 1. The molecule has 2 aliphatic rings. The fraction of sp³-hybridized carbons (Fsp3) is 1.00. The molecule has 3 heteroatoms. The van der Waals surface area contributed by atoms with Crippen molar-refractivity contribution in [3.8, 4) is 0 Å². The first kappa shape index (κ1) is 17.2. The van der Waals surface area contributed by atoms with Gasteiger partial charge >= 0.3 is 0 Å². The van der Waals surface area contributed by atoms with Crippen LogP contribution in [0.25, 0.3) is 0 Å². The third-order valence-electron chi connectivity index (χ3n) is 5.79. The monoisotopic (exact) mass is 296 g/mol. The summed E-state index contributed by atoms with van der Waals surface area (Å²) in [5, 5.41) is 3.76. The Kier molecular flexibility index (Phi) is 6.97. The minimum Gasteiger partial charge on any atom is -0.384 e. The summed E-state index contributed by atoms with van der Waals surface area (Å²) in [6.45, 7) is 11.6. The topological polar surface area (TPSA) is 24.5 Å². The number of piperidine rings is 1. The molecule has 1 aliphatic heterocycles. The van der Waals surface area contributed by atoms with Gasteiger partial charge in [0.2, 0.25) is 0 Å². The Bertz CT molecular complexity index is 287. The molecule has 0 aromatic carbocycles. The lowest BCUT2D eigenvalue weighted by atomic mass is 9.75. The molecular formula is C18H36N2O. The molecule has 1 saturated heterocycles. The predicted octanol–water partition coefficient (Wildman–Crippen LogP) is 3.15. The van der Waals surface area contributed by atoms with Crippen molar-refractivity contribution in [2.75, 3.05) is 33.4 Å². The molecule has 1 saturated carbocycles. The first-order chi connectivity index (χ1) is 10.2. The molecule has 3 nitrogen and oxygen atoms in total. The van der Waals surface area contributed by atoms with Crippen LogP contribution in [0.4, 0.5) is 0 Å². The molecule has 124 valence electrons. The molecule has 3 atom stereocenters. The average Bonchev–Trinajstić information content (AvgIpc) is 2.49. The number of nitrogens with one attached hydrogen (secondary N) is 1. The van der Waals surface area contributed by atoms with Crippen molar-refractivity contribution in [2.24, 2.45) is 17.8 Å². The summed E-state index contributed by atoms with van der Waals surface area (Å²) in [5.74, 6) is 2.54. The Morgan fingerprint density at radius 3 is 2.43 bits per heavy atom. The maximum absolute atomic E-state index is 5.34. The van der Waals surface area contributed by atoms with Gasteiger partial charge in [0, 0.05) is 25.8 Å². The molecule has 0 aromatic rings. The normalized spacial score (nSPS) is 32.7. The highest BCUT2D eigenvalue weighted by atomic mass is 16.5. The molecule has 0 radical (unpaired) electrons. The van der Waals surface area contributed by atoms with Crippen molar-refractivity contribution >= 4 is 0 Å². The van der Waals surface area contributed by atoms with Crippen molar-refractivity contribution in [3.63, 3.8) is 0 Å². The van der Waals surface area contributed by atoms with Crippen LogP contribution in [-0.4, -0.2) is 50.3 Å². The molecule has 0 spiro atoms. The van der Waals surface area contributed by atoms with E-state index in [1.807, 2.05) is 7.11 Å². The molecule has 1 heterocycles. The van der Waals surface area contributed by atoms with E-state index in [9.17, 15) is 0 Å². The van der Waals surface area contributed by atoms with E-state index in [-0.39, 0.29) is 0 Å². The van der Waals surface area contributed by atoms with E-state index in [0.29, 0.717) is 6.04 Å². The van der Waals surface area contributed by atoms with Crippen LogP contribution in [-0.2, 0) is 4.74 Å². The molecule has 1 aliphatic carbocycles. The lowest BCUT2D eigenvalue weighted by molar-refractivity contribution is 0.0383. The highest BCUT2D eigenvalue weighted by Crippen LogP contribution is 2.34. The van der Waals surface area contributed by atoms with Crippen molar-refractivity contribution in [3.05, 3.63) is 0 Å². The van der Waals surface area contributed by atoms with E-state index in [2.05, 4.69) is 31.0 Å². The fourth-order valence-electron chi connectivity index (χ4n) is 4.37. The van der Waals surface area contributed by atoms with E-state index in [4.69, 9.17) is 4.74 Å². The Morgan fingerprint density at radius 2 is 1.86 bits per heavy atom. The standard InChI is InChI=1S/C18H36N2O/c1-5-19-17-7-6-16(14(2)3)12-18(17)20-10-8-15(9-11-20)13-21-4/h14-19H,5-13H2,1-4H3. The number of nitrogens with zero attached hydrogens (tertiary/aromatic N) is 1. The highest BCUT2D eigenvalue weighted by molar-refractivity contribution is 4.93. The van der Waals surface area contributed by atoms with Crippen LogP contribution in [0.3, 0.4) is 0 Å². The smallest absolute Gasteiger partial charge is 0.0491 e.